The summed E-state index contributed by atoms with van der Waals surface area (Å²) in [5.41, 5.74) is 1.81. The third-order valence-corrected chi connectivity index (χ3v) is 8.31. The van der Waals surface area contributed by atoms with Gasteiger partial charge in [0.1, 0.15) is 12.1 Å². The number of piperazine rings is 2. The Labute approximate surface area is 240 Å². The molecule has 2 aliphatic heterocycles. The van der Waals surface area contributed by atoms with E-state index in [4.69, 9.17) is 0 Å². The van der Waals surface area contributed by atoms with Gasteiger partial charge in [0.05, 0.1) is 17.7 Å². The van der Waals surface area contributed by atoms with Crippen LogP contribution in [0.5, 0.6) is 5.75 Å². The van der Waals surface area contributed by atoms with E-state index in [1.807, 2.05) is 11.8 Å². The third-order valence-electron chi connectivity index (χ3n) is 8.31. The van der Waals surface area contributed by atoms with Crippen molar-refractivity contribution in [1.29, 1.82) is 0 Å². The smallest absolute Gasteiger partial charge is 0.403 e. The Morgan fingerprint density at radius 3 is 2.33 bits per heavy atom. The number of alkyl halides is 3. The molecular formula is C28H34F4N6O4. The highest BCUT2D eigenvalue weighted by molar-refractivity contribution is 5.84. The fourth-order valence-corrected chi connectivity index (χ4v) is 6.08. The Morgan fingerprint density at radius 1 is 1.05 bits per heavy atom. The second-order valence-corrected chi connectivity index (χ2v) is 11.1. The number of ether oxygens (including phenoxy) is 1. The summed E-state index contributed by atoms with van der Waals surface area (Å²) in [4.78, 5) is 41.9. The summed E-state index contributed by atoms with van der Waals surface area (Å²) in [6.45, 7) is 7.41. The summed E-state index contributed by atoms with van der Waals surface area (Å²) in [7, 11) is 0. The molecule has 0 spiro atoms. The van der Waals surface area contributed by atoms with E-state index < -0.39 is 30.0 Å². The molecule has 2 fully saturated rings. The molecule has 228 valence electrons. The lowest BCUT2D eigenvalue weighted by Crippen LogP contribution is -2.53. The van der Waals surface area contributed by atoms with Crippen molar-refractivity contribution in [2.45, 2.75) is 44.6 Å². The van der Waals surface area contributed by atoms with Gasteiger partial charge in [0.25, 0.3) is 0 Å². The van der Waals surface area contributed by atoms with Crippen LogP contribution in [-0.4, -0.2) is 107 Å². The van der Waals surface area contributed by atoms with E-state index in [-0.39, 0.29) is 29.8 Å². The first-order chi connectivity index (χ1) is 19.9. The topological polar surface area (TPSA) is 102 Å². The van der Waals surface area contributed by atoms with Crippen LogP contribution in [0.2, 0.25) is 0 Å². The second-order valence-electron chi connectivity index (χ2n) is 11.1. The van der Waals surface area contributed by atoms with Gasteiger partial charge in [-0.25, -0.2) is 14.4 Å². The third kappa shape index (κ3) is 6.43. The van der Waals surface area contributed by atoms with E-state index in [0.717, 1.165) is 23.5 Å². The summed E-state index contributed by atoms with van der Waals surface area (Å²) >= 11 is 0. The predicted molar refractivity (Wildman–Crippen MR) is 143 cm³/mol. The first-order valence-electron chi connectivity index (χ1n) is 14.0. The zero-order chi connectivity index (χ0) is 30.2. The van der Waals surface area contributed by atoms with E-state index in [1.54, 1.807) is 9.80 Å². The Bertz CT molecular complexity index is 1310. The van der Waals surface area contributed by atoms with Gasteiger partial charge in [-0.1, -0.05) is 13.0 Å². The number of aromatic nitrogens is 2. The molecule has 3 atom stereocenters. The highest BCUT2D eigenvalue weighted by Crippen LogP contribution is 2.43. The van der Waals surface area contributed by atoms with Gasteiger partial charge in [-0.3, -0.25) is 14.5 Å². The number of benzene rings is 1. The number of fused-ring (bicyclic) bond motifs is 1. The predicted octanol–water partition coefficient (Wildman–Crippen LogP) is 2.65. The summed E-state index contributed by atoms with van der Waals surface area (Å²) in [5.74, 6) is -2.46. The van der Waals surface area contributed by atoms with E-state index in [2.05, 4.69) is 19.6 Å². The number of hydrogen-bond acceptors (Lipinski definition) is 8. The van der Waals surface area contributed by atoms with Gasteiger partial charge in [-0.2, -0.15) is 0 Å². The lowest BCUT2D eigenvalue weighted by atomic mass is 9.95. The van der Waals surface area contributed by atoms with Gasteiger partial charge in [0.2, 0.25) is 11.8 Å². The molecule has 1 aromatic heterocycles. The molecule has 5 rings (SSSR count). The van der Waals surface area contributed by atoms with Crippen molar-refractivity contribution < 1.29 is 37.0 Å². The standard InChI is InChI=1S/C28H34F4N6O4/c1-17-13-22(40)25-24(17)26(34-16-33-25)37-9-11-38(12-10-37)27(41)20(15-35-5-7-36(8-6-35)18(2)39)19-3-4-23(21(29)14-19)42-28(30,31)32/h3-4,14,16-17,20,22,40H,5-13,15H2,1-2H3/t17-,20+,22-/m1/s1. The number of aliphatic hydroxyl groups excluding tert-OH is 1. The SMILES string of the molecule is CC(=O)N1CCN(C[C@H](C(=O)N2CCN(c3ncnc4c3[C@H](C)C[C@H]4O)CC2)c2ccc(OC(F)(F)F)c(F)c2)CC1. The molecule has 0 bridgehead atoms. The van der Waals surface area contributed by atoms with Crippen LogP contribution in [-0.2, 0) is 9.59 Å². The molecule has 0 unspecified atom stereocenters. The molecule has 0 saturated carbocycles. The van der Waals surface area contributed by atoms with Crippen molar-refractivity contribution in [3.8, 4) is 5.75 Å². The molecule has 3 aliphatic rings. The fraction of sp³-hybridized carbons (Fsp3) is 0.571. The highest BCUT2D eigenvalue weighted by Gasteiger charge is 2.37. The van der Waals surface area contributed by atoms with Gasteiger partial charge in [-0.05, 0) is 30.0 Å². The number of hydrogen-bond donors (Lipinski definition) is 1. The zero-order valence-electron chi connectivity index (χ0n) is 23.5. The number of rotatable bonds is 6. The molecule has 1 N–H and O–H groups in total. The van der Waals surface area contributed by atoms with Crippen LogP contribution in [0.25, 0.3) is 0 Å². The Morgan fingerprint density at radius 2 is 1.71 bits per heavy atom. The average Bonchev–Trinajstić information content (AvgIpc) is 3.25. The summed E-state index contributed by atoms with van der Waals surface area (Å²) in [6, 6.07) is 3.13. The van der Waals surface area contributed by atoms with Gasteiger partial charge in [-0.15, -0.1) is 13.2 Å². The van der Waals surface area contributed by atoms with Crippen molar-refractivity contribution in [3.05, 3.63) is 47.2 Å². The first kappa shape index (κ1) is 30.0. The number of nitrogens with zero attached hydrogens (tertiary/aromatic N) is 6. The van der Waals surface area contributed by atoms with Gasteiger partial charge in [0.15, 0.2) is 11.6 Å². The molecule has 3 heterocycles. The van der Waals surface area contributed by atoms with Crippen molar-refractivity contribution in [2.24, 2.45) is 0 Å². The molecule has 2 aromatic rings. The number of aliphatic hydroxyl groups is 1. The first-order valence-corrected chi connectivity index (χ1v) is 14.0. The quantitative estimate of drug-likeness (QED) is 0.510. The number of anilines is 1. The van der Waals surface area contributed by atoms with E-state index in [0.29, 0.717) is 64.5 Å². The Balaban J connectivity index is 1.33. The lowest BCUT2D eigenvalue weighted by molar-refractivity contribution is -0.275. The van der Waals surface area contributed by atoms with Crippen molar-refractivity contribution >= 4 is 17.6 Å². The summed E-state index contributed by atoms with van der Waals surface area (Å²) < 4.78 is 56.6. The minimum atomic E-state index is -5.05. The molecule has 2 amide bonds. The highest BCUT2D eigenvalue weighted by atomic mass is 19.4. The average molecular weight is 595 g/mol. The summed E-state index contributed by atoms with van der Waals surface area (Å²) in [5, 5.41) is 10.4. The maximum Gasteiger partial charge on any atom is 0.573 e. The Hall–Kier alpha value is -3.52. The van der Waals surface area contributed by atoms with Crippen LogP contribution in [0, 0.1) is 5.82 Å². The van der Waals surface area contributed by atoms with Crippen LogP contribution in [0.3, 0.4) is 0 Å². The lowest BCUT2D eigenvalue weighted by Gasteiger charge is -2.40. The minimum Gasteiger partial charge on any atom is -0.403 e. The van der Waals surface area contributed by atoms with Crippen LogP contribution < -0.4 is 9.64 Å². The zero-order valence-corrected chi connectivity index (χ0v) is 23.5. The molecule has 0 radical (unpaired) electrons. The van der Waals surface area contributed by atoms with E-state index >= 15 is 0 Å². The molecule has 1 aromatic carbocycles. The maximum atomic E-state index is 14.7. The molecule has 2 saturated heterocycles. The second kappa shape index (κ2) is 12.0. The van der Waals surface area contributed by atoms with Crippen LogP contribution in [0.15, 0.2) is 24.5 Å². The summed E-state index contributed by atoms with van der Waals surface area (Å²) in [6.07, 6.45) is -3.67. The number of carbonyl (C=O) groups excluding carboxylic acids is 2. The number of halogens is 4. The van der Waals surface area contributed by atoms with Gasteiger partial charge >= 0.3 is 6.36 Å². The van der Waals surface area contributed by atoms with Crippen molar-refractivity contribution in [1.82, 2.24) is 24.7 Å². The van der Waals surface area contributed by atoms with Crippen LogP contribution in [0.4, 0.5) is 23.4 Å². The molecule has 42 heavy (non-hydrogen) atoms. The molecular weight excluding hydrogens is 560 g/mol. The van der Waals surface area contributed by atoms with Crippen LogP contribution in [0.1, 0.15) is 55.0 Å². The van der Waals surface area contributed by atoms with Crippen molar-refractivity contribution in [3.63, 3.8) is 0 Å². The molecule has 14 heteroatoms. The maximum absolute atomic E-state index is 14.7. The van der Waals surface area contributed by atoms with Crippen molar-refractivity contribution in [2.75, 3.05) is 63.8 Å². The Kier molecular flexibility index (Phi) is 8.56. The monoisotopic (exact) mass is 594 g/mol. The van der Waals surface area contributed by atoms with Gasteiger partial charge < -0.3 is 24.5 Å². The molecule has 10 nitrogen and oxygen atoms in total. The number of amides is 2. The number of carbonyl (C=O) groups is 2. The largest absolute Gasteiger partial charge is 0.573 e. The minimum absolute atomic E-state index is 0.0410. The van der Waals surface area contributed by atoms with E-state index in [1.165, 1.54) is 19.3 Å². The normalized spacial score (nSPS) is 22.2. The fourth-order valence-electron chi connectivity index (χ4n) is 6.08. The van der Waals surface area contributed by atoms with E-state index in [9.17, 15) is 32.3 Å². The molecule has 1 aliphatic carbocycles. The van der Waals surface area contributed by atoms with Gasteiger partial charge in [0, 0.05) is 71.4 Å². The van der Waals surface area contributed by atoms with Crippen LogP contribution >= 0.6 is 0 Å².